The second-order valence-electron chi connectivity index (χ2n) is 2.36. The summed E-state index contributed by atoms with van der Waals surface area (Å²) in [5.74, 6) is -0.978. The number of carbonyl (C=O) groups is 1. The van der Waals surface area contributed by atoms with Crippen LogP contribution < -0.4 is 5.56 Å². The Kier molecular flexibility index (Phi) is 3.02. The molecule has 5 nitrogen and oxygen atoms in total. The summed E-state index contributed by atoms with van der Waals surface area (Å²) in [6.45, 7) is 0.0364. The maximum atomic E-state index is 11.0. The van der Waals surface area contributed by atoms with Crippen molar-refractivity contribution in [2.75, 3.05) is 0 Å². The first kappa shape index (κ1) is 9.73. The molecule has 0 amide bonds. The Morgan fingerprint density at radius 3 is 2.92 bits per heavy atom. The number of rotatable bonds is 3. The Labute approximate surface area is 78.6 Å². The van der Waals surface area contributed by atoms with Crippen LogP contribution in [0.5, 0.6) is 0 Å². The molecular formula is C7H7ClN2O3. The summed E-state index contributed by atoms with van der Waals surface area (Å²) in [4.78, 5) is 21.2. The SMILES string of the molecule is O=C(O)CCn1nc(Cl)ccc1=O. The number of aryl methyl sites for hydroxylation is 1. The van der Waals surface area contributed by atoms with Gasteiger partial charge in [-0.05, 0) is 6.07 Å². The van der Waals surface area contributed by atoms with E-state index in [0.717, 1.165) is 4.68 Å². The van der Waals surface area contributed by atoms with Crippen LogP contribution in [0, 0.1) is 0 Å². The van der Waals surface area contributed by atoms with Crippen molar-refractivity contribution in [3.63, 3.8) is 0 Å². The maximum Gasteiger partial charge on any atom is 0.305 e. The summed E-state index contributed by atoms with van der Waals surface area (Å²) in [5, 5.41) is 12.2. The molecule has 0 radical (unpaired) electrons. The number of hydrogen-bond donors (Lipinski definition) is 1. The molecule has 0 saturated heterocycles. The molecule has 0 unspecified atom stereocenters. The van der Waals surface area contributed by atoms with E-state index < -0.39 is 5.97 Å². The zero-order valence-corrected chi connectivity index (χ0v) is 7.36. The summed E-state index contributed by atoms with van der Waals surface area (Å²) in [6, 6.07) is 2.61. The van der Waals surface area contributed by atoms with Crippen molar-refractivity contribution in [2.45, 2.75) is 13.0 Å². The van der Waals surface area contributed by atoms with E-state index in [0.29, 0.717) is 0 Å². The average molecular weight is 203 g/mol. The lowest BCUT2D eigenvalue weighted by atomic mass is 10.4. The predicted octanol–water partition coefficient (Wildman–Crippen LogP) is 0.371. The van der Waals surface area contributed by atoms with E-state index in [1.165, 1.54) is 12.1 Å². The summed E-state index contributed by atoms with van der Waals surface area (Å²) >= 11 is 5.51. The Hall–Kier alpha value is -1.36. The number of carboxylic acid groups (broad SMARTS) is 1. The summed E-state index contributed by atoms with van der Waals surface area (Å²) in [7, 11) is 0. The highest BCUT2D eigenvalue weighted by Crippen LogP contribution is 1.98. The quantitative estimate of drug-likeness (QED) is 0.769. The molecule has 0 saturated carbocycles. The van der Waals surface area contributed by atoms with Gasteiger partial charge in [-0.15, -0.1) is 0 Å². The van der Waals surface area contributed by atoms with Gasteiger partial charge in [0.1, 0.15) is 5.15 Å². The van der Waals surface area contributed by atoms with Crippen LogP contribution in [0.25, 0.3) is 0 Å². The normalized spacial score (nSPS) is 9.92. The van der Waals surface area contributed by atoms with E-state index in [9.17, 15) is 9.59 Å². The van der Waals surface area contributed by atoms with E-state index in [2.05, 4.69) is 5.10 Å². The molecule has 6 heteroatoms. The Balaban J connectivity index is 2.82. The highest BCUT2D eigenvalue weighted by molar-refractivity contribution is 6.29. The molecule has 0 aliphatic heterocycles. The van der Waals surface area contributed by atoms with Gasteiger partial charge in [0, 0.05) is 6.07 Å². The minimum atomic E-state index is -0.978. The Morgan fingerprint density at radius 2 is 2.31 bits per heavy atom. The molecule has 0 atom stereocenters. The highest BCUT2D eigenvalue weighted by atomic mass is 35.5. The smallest absolute Gasteiger partial charge is 0.305 e. The number of nitrogens with zero attached hydrogens (tertiary/aromatic N) is 2. The maximum absolute atomic E-state index is 11.0. The highest BCUT2D eigenvalue weighted by Gasteiger charge is 2.01. The van der Waals surface area contributed by atoms with Crippen LogP contribution in [-0.4, -0.2) is 20.9 Å². The molecule has 1 heterocycles. The van der Waals surface area contributed by atoms with E-state index >= 15 is 0 Å². The molecule has 1 N–H and O–H groups in total. The zero-order chi connectivity index (χ0) is 9.84. The number of aromatic nitrogens is 2. The molecule has 13 heavy (non-hydrogen) atoms. The molecule has 0 aliphatic rings. The van der Waals surface area contributed by atoms with Crippen LogP contribution in [0.3, 0.4) is 0 Å². The third kappa shape index (κ3) is 2.87. The predicted molar refractivity (Wildman–Crippen MR) is 45.8 cm³/mol. The fraction of sp³-hybridized carbons (Fsp3) is 0.286. The second-order valence-corrected chi connectivity index (χ2v) is 2.75. The standard InChI is InChI=1S/C7H7ClN2O3/c8-5-1-2-6(11)10(9-5)4-3-7(12)13/h1-2H,3-4H2,(H,12,13). The third-order valence-electron chi connectivity index (χ3n) is 1.37. The van der Waals surface area contributed by atoms with Gasteiger partial charge in [0.05, 0.1) is 13.0 Å². The Bertz CT molecular complexity index is 374. The number of carboxylic acids is 1. The lowest BCUT2D eigenvalue weighted by Gasteiger charge is -2.00. The zero-order valence-electron chi connectivity index (χ0n) is 6.61. The molecule has 0 bridgehead atoms. The number of hydrogen-bond acceptors (Lipinski definition) is 3. The van der Waals surface area contributed by atoms with Gasteiger partial charge >= 0.3 is 5.97 Å². The minimum absolute atomic E-state index is 0.0364. The molecule has 1 rings (SSSR count). The fourth-order valence-corrected chi connectivity index (χ4v) is 0.940. The van der Waals surface area contributed by atoms with Gasteiger partial charge in [-0.3, -0.25) is 9.59 Å². The molecule has 70 valence electrons. The molecular weight excluding hydrogens is 196 g/mol. The molecule has 1 aromatic rings. The fourth-order valence-electron chi connectivity index (χ4n) is 0.786. The van der Waals surface area contributed by atoms with Crippen LogP contribution >= 0.6 is 11.6 Å². The second kappa shape index (κ2) is 4.04. The van der Waals surface area contributed by atoms with Crippen molar-refractivity contribution in [2.24, 2.45) is 0 Å². The topological polar surface area (TPSA) is 72.2 Å². The Morgan fingerprint density at radius 1 is 1.62 bits per heavy atom. The van der Waals surface area contributed by atoms with Gasteiger partial charge in [-0.25, -0.2) is 4.68 Å². The van der Waals surface area contributed by atoms with Gasteiger partial charge in [0.15, 0.2) is 0 Å². The largest absolute Gasteiger partial charge is 0.481 e. The van der Waals surface area contributed by atoms with Gasteiger partial charge in [-0.1, -0.05) is 11.6 Å². The summed E-state index contributed by atoms with van der Waals surface area (Å²) in [6.07, 6.45) is -0.146. The summed E-state index contributed by atoms with van der Waals surface area (Å²) < 4.78 is 1.02. The first-order valence-corrected chi connectivity index (χ1v) is 3.93. The number of halogens is 1. The van der Waals surface area contributed by atoms with Gasteiger partial charge < -0.3 is 5.11 Å². The van der Waals surface area contributed by atoms with Crippen LogP contribution in [0.15, 0.2) is 16.9 Å². The molecule has 0 aliphatic carbocycles. The molecule has 0 fully saturated rings. The molecule has 0 spiro atoms. The van der Waals surface area contributed by atoms with Crippen LogP contribution in [0.1, 0.15) is 6.42 Å². The van der Waals surface area contributed by atoms with Crippen molar-refractivity contribution in [3.05, 3.63) is 27.6 Å². The van der Waals surface area contributed by atoms with Crippen LogP contribution in [-0.2, 0) is 11.3 Å². The van der Waals surface area contributed by atoms with Crippen LogP contribution in [0.2, 0.25) is 5.15 Å². The average Bonchev–Trinajstić information content (AvgIpc) is 2.06. The van der Waals surface area contributed by atoms with E-state index in [1.54, 1.807) is 0 Å². The first-order chi connectivity index (χ1) is 6.09. The van der Waals surface area contributed by atoms with Crippen LogP contribution in [0.4, 0.5) is 0 Å². The van der Waals surface area contributed by atoms with Gasteiger partial charge in [0.25, 0.3) is 5.56 Å². The van der Waals surface area contributed by atoms with Crippen molar-refractivity contribution < 1.29 is 9.90 Å². The van der Waals surface area contributed by atoms with E-state index in [1.807, 2.05) is 0 Å². The van der Waals surface area contributed by atoms with Crippen molar-refractivity contribution in [1.82, 2.24) is 9.78 Å². The van der Waals surface area contributed by atoms with Crippen molar-refractivity contribution in [3.8, 4) is 0 Å². The van der Waals surface area contributed by atoms with E-state index in [4.69, 9.17) is 16.7 Å². The van der Waals surface area contributed by atoms with Crippen molar-refractivity contribution >= 4 is 17.6 Å². The lowest BCUT2D eigenvalue weighted by molar-refractivity contribution is -0.137. The lowest BCUT2D eigenvalue weighted by Crippen LogP contribution is -2.23. The monoisotopic (exact) mass is 202 g/mol. The first-order valence-electron chi connectivity index (χ1n) is 3.55. The van der Waals surface area contributed by atoms with Crippen molar-refractivity contribution in [1.29, 1.82) is 0 Å². The van der Waals surface area contributed by atoms with Gasteiger partial charge in [0.2, 0.25) is 0 Å². The van der Waals surface area contributed by atoms with Gasteiger partial charge in [-0.2, -0.15) is 5.10 Å². The number of aliphatic carboxylic acids is 1. The molecule has 1 aromatic heterocycles. The molecule has 0 aromatic carbocycles. The third-order valence-corrected chi connectivity index (χ3v) is 1.57. The summed E-state index contributed by atoms with van der Waals surface area (Å²) in [5.41, 5.74) is -0.356. The van der Waals surface area contributed by atoms with E-state index in [-0.39, 0.29) is 23.7 Å². The minimum Gasteiger partial charge on any atom is -0.481 e.